The van der Waals surface area contributed by atoms with Gasteiger partial charge < -0.3 is 9.84 Å². The van der Waals surface area contributed by atoms with Crippen molar-refractivity contribution in [3.63, 3.8) is 0 Å². The van der Waals surface area contributed by atoms with Crippen molar-refractivity contribution in [2.45, 2.75) is 39.0 Å². The Morgan fingerprint density at radius 3 is 1.96 bits per heavy atom. The van der Waals surface area contributed by atoms with Crippen LogP contribution < -0.4 is 5.32 Å². The van der Waals surface area contributed by atoms with Crippen LogP contribution in [0.1, 0.15) is 52.7 Å². The average molecular weight is 380 g/mol. The predicted octanol–water partition coefficient (Wildman–Crippen LogP) is 5.40. The molecule has 2 aromatic rings. The largest absolute Gasteiger partial charge is 0.416 e. The Hall–Kier alpha value is -2.52. The lowest BCUT2D eigenvalue weighted by molar-refractivity contribution is -0.143. The second kappa shape index (κ2) is 6.65. The number of halogens is 6. The molecule has 0 aliphatic carbocycles. The van der Waals surface area contributed by atoms with Crippen molar-refractivity contribution in [3.8, 4) is 0 Å². The third kappa shape index (κ3) is 4.17. The van der Waals surface area contributed by atoms with E-state index in [4.69, 9.17) is 4.52 Å². The van der Waals surface area contributed by atoms with Crippen LogP contribution in [0.4, 0.5) is 32.0 Å². The fourth-order valence-electron chi connectivity index (χ4n) is 2.28. The van der Waals surface area contributed by atoms with Crippen LogP contribution in [0.3, 0.4) is 0 Å². The van der Waals surface area contributed by atoms with Crippen LogP contribution in [0.15, 0.2) is 22.7 Å². The Kier molecular flexibility index (Phi) is 5.07. The Labute approximate surface area is 144 Å². The molecule has 0 unspecified atom stereocenters. The molecule has 26 heavy (non-hydrogen) atoms. The number of carbonyl (C=O) groups is 1. The second-order valence-corrected chi connectivity index (χ2v) is 5.91. The number of aromatic nitrogens is 1. The van der Waals surface area contributed by atoms with E-state index in [9.17, 15) is 31.1 Å². The summed E-state index contributed by atoms with van der Waals surface area (Å²) in [5, 5.41) is 5.68. The third-order valence-corrected chi connectivity index (χ3v) is 3.49. The quantitative estimate of drug-likeness (QED) is 0.726. The third-order valence-electron chi connectivity index (χ3n) is 3.49. The fraction of sp³-hybridized carbons (Fsp3) is 0.375. The fourth-order valence-corrected chi connectivity index (χ4v) is 2.28. The monoisotopic (exact) mass is 380 g/mol. The number of nitrogens with one attached hydrogen (secondary N) is 1. The summed E-state index contributed by atoms with van der Waals surface area (Å²) in [6, 6.07) is 0.857. The van der Waals surface area contributed by atoms with Gasteiger partial charge in [0, 0.05) is 11.6 Å². The van der Waals surface area contributed by atoms with E-state index in [0.29, 0.717) is 12.1 Å². The SMILES string of the molecule is Cc1noc(C(C)C)c1C(=O)Nc1cc(C(F)(F)F)cc(C(F)(F)F)c1. The molecule has 0 bridgehead atoms. The molecule has 1 amide bonds. The van der Waals surface area contributed by atoms with Crippen LogP contribution in [0.25, 0.3) is 0 Å². The van der Waals surface area contributed by atoms with E-state index in [1.54, 1.807) is 13.8 Å². The van der Waals surface area contributed by atoms with Crippen LogP contribution in [-0.2, 0) is 12.4 Å². The Morgan fingerprint density at radius 1 is 1.04 bits per heavy atom. The molecule has 4 nitrogen and oxygen atoms in total. The number of rotatable bonds is 3. The highest BCUT2D eigenvalue weighted by Crippen LogP contribution is 2.37. The molecular formula is C16H14F6N2O2. The lowest BCUT2D eigenvalue weighted by Gasteiger charge is -2.15. The highest BCUT2D eigenvalue weighted by atomic mass is 19.4. The Morgan fingerprint density at radius 2 is 1.54 bits per heavy atom. The minimum atomic E-state index is -5.00. The number of carbonyl (C=O) groups excluding carboxylic acids is 1. The van der Waals surface area contributed by atoms with E-state index in [1.807, 2.05) is 0 Å². The standard InChI is InChI=1S/C16H14F6N2O2/c1-7(2)13-12(8(3)24-26-13)14(25)23-11-5-9(15(17,18)19)4-10(6-11)16(20,21)22/h4-7H,1-3H3,(H,23,25). The molecule has 1 N–H and O–H groups in total. The highest BCUT2D eigenvalue weighted by molar-refractivity contribution is 6.05. The molecule has 1 aromatic carbocycles. The summed E-state index contributed by atoms with van der Waals surface area (Å²) in [6.45, 7) is 4.84. The lowest BCUT2D eigenvalue weighted by atomic mass is 10.0. The zero-order chi connectivity index (χ0) is 19.9. The minimum Gasteiger partial charge on any atom is -0.360 e. The number of hydrogen-bond acceptors (Lipinski definition) is 3. The summed E-state index contributed by atoms with van der Waals surface area (Å²) in [4.78, 5) is 12.4. The van der Waals surface area contributed by atoms with Gasteiger partial charge in [-0.3, -0.25) is 4.79 Å². The summed E-state index contributed by atoms with van der Waals surface area (Å²) < 4.78 is 82.3. The van der Waals surface area contributed by atoms with E-state index in [-0.39, 0.29) is 29.0 Å². The molecule has 0 saturated heterocycles. The van der Waals surface area contributed by atoms with Crippen molar-refractivity contribution in [3.05, 3.63) is 46.3 Å². The van der Waals surface area contributed by atoms with Gasteiger partial charge in [-0.2, -0.15) is 26.3 Å². The van der Waals surface area contributed by atoms with Crippen molar-refractivity contribution in [1.82, 2.24) is 5.16 Å². The number of aryl methyl sites for hydroxylation is 1. The summed E-state index contributed by atoms with van der Waals surface area (Å²) in [5.41, 5.74) is -3.52. The molecule has 0 fully saturated rings. The molecule has 0 spiro atoms. The number of alkyl halides is 6. The van der Waals surface area contributed by atoms with Crippen molar-refractivity contribution in [1.29, 1.82) is 0 Å². The molecule has 0 aliphatic rings. The first kappa shape index (κ1) is 19.8. The smallest absolute Gasteiger partial charge is 0.360 e. The molecule has 0 aliphatic heterocycles. The molecule has 1 aromatic heterocycles. The number of nitrogens with zero attached hydrogens (tertiary/aromatic N) is 1. The van der Waals surface area contributed by atoms with Gasteiger partial charge in [0.2, 0.25) is 0 Å². The summed E-state index contributed by atoms with van der Waals surface area (Å²) in [7, 11) is 0. The van der Waals surface area contributed by atoms with E-state index >= 15 is 0 Å². The zero-order valence-electron chi connectivity index (χ0n) is 13.8. The molecule has 10 heteroatoms. The molecule has 0 radical (unpaired) electrons. The molecule has 0 saturated carbocycles. The minimum absolute atomic E-state index is 0.0140. The Balaban J connectivity index is 2.46. The van der Waals surface area contributed by atoms with Crippen molar-refractivity contribution >= 4 is 11.6 Å². The lowest BCUT2D eigenvalue weighted by Crippen LogP contribution is -2.17. The first-order valence-electron chi connectivity index (χ1n) is 7.37. The van der Waals surface area contributed by atoms with Gasteiger partial charge in [-0.15, -0.1) is 0 Å². The normalized spacial score (nSPS) is 12.5. The van der Waals surface area contributed by atoms with Crippen LogP contribution >= 0.6 is 0 Å². The average Bonchev–Trinajstić information content (AvgIpc) is 2.87. The van der Waals surface area contributed by atoms with Gasteiger partial charge in [0.05, 0.1) is 16.8 Å². The summed E-state index contributed by atoms with van der Waals surface area (Å²) >= 11 is 0. The van der Waals surface area contributed by atoms with Crippen LogP contribution in [-0.4, -0.2) is 11.1 Å². The summed E-state index contributed by atoms with van der Waals surface area (Å²) in [6.07, 6.45) is -10.0. The van der Waals surface area contributed by atoms with Gasteiger partial charge in [-0.25, -0.2) is 0 Å². The molecule has 2 rings (SSSR count). The van der Waals surface area contributed by atoms with Crippen LogP contribution in [0.2, 0.25) is 0 Å². The van der Waals surface area contributed by atoms with Crippen molar-refractivity contribution < 1.29 is 35.7 Å². The Bertz CT molecular complexity index is 789. The maximum absolute atomic E-state index is 12.9. The van der Waals surface area contributed by atoms with Gasteiger partial charge in [0.1, 0.15) is 5.56 Å². The predicted molar refractivity (Wildman–Crippen MR) is 79.7 cm³/mol. The topological polar surface area (TPSA) is 55.1 Å². The zero-order valence-corrected chi connectivity index (χ0v) is 13.8. The van der Waals surface area contributed by atoms with E-state index < -0.39 is 35.1 Å². The number of anilines is 1. The number of hydrogen-bond donors (Lipinski definition) is 1. The van der Waals surface area contributed by atoms with Gasteiger partial charge in [-0.1, -0.05) is 19.0 Å². The number of benzene rings is 1. The van der Waals surface area contributed by atoms with Crippen LogP contribution in [0.5, 0.6) is 0 Å². The van der Waals surface area contributed by atoms with Crippen molar-refractivity contribution in [2.75, 3.05) is 5.32 Å². The van der Waals surface area contributed by atoms with Crippen molar-refractivity contribution in [2.24, 2.45) is 0 Å². The second-order valence-electron chi connectivity index (χ2n) is 5.91. The molecule has 0 atom stereocenters. The first-order chi connectivity index (χ1) is 11.8. The maximum atomic E-state index is 12.9. The maximum Gasteiger partial charge on any atom is 0.416 e. The highest BCUT2D eigenvalue weighted by Gasteiger charge is 2.37. The molecule has 142 valence electrons. The first-order valence-corrected chi connectivity index (χ1v) is 7.37. The van der Waals surface area contributed by atoms with E-state index in [0.717, 1.165) is 0 Å². The van der Waals surface area contributed by atoms with Crippen LogP contribution in [0, 0.1) is 6.92 Å². The number of amides is 1. The van der Waals surface area contributed by atoms with Gasteiger partial charge in [0.15, 0.2) is 5.76 Å². The van der Waals surface area contributed by atoms with E-state index in [2.05, 4.69) is 10.5 Å². The molecular weight excluding hydrogens is 366 g/mol. The van der Waals surface area contributed by atoms with Gasteiger partial charge in [-0.05, 0) is 25.1 Å². The van der Waals surface area contributed by atoms with Gasteiger partial charge in [0.25, 0.3) is 5.91 Å². The molecule has 1 heterocycles. The van der Waals surface area contributed by atoms with Gasteiger partial charge >= 0.3 is 12.4 Å². The summed E-state index contributed by atoms with van der Waals surface area (Å²) in [5.74, 6) is -0.980. The van der Waals surface area contributed by atoms with E-state index in [1.165, 1.54) is 6.92 Å².